The van der Waals surface area contributed by atoms with Crippen molar-refractivity contribution in [2.75, 3.05) is 26.3 Å². The van der Waals surface area contributed by atoms with Crippen LogP contribution in [0.5, 0.6) is 5.75 Å². The number of likely N-dealkylation sites (tertiary alicyclic amines) is 1. The first-order chi connectivity index (χ1) is 12.9. The van der Waals surface area contributed by atoms with Crippen LogP contribution in [0.1, 0.15) is 37.0 Å². The number of carbonyl (C=O) groups excluding carboxylic acids is 1. The van der Waals surface area contributed by atoms with Gasteiger partial charge in [-0.25, -0.2) is 4.79 Å². The number of ether oxygens (including phenoxy) is 3. The lowest BCUT2D eigenvalue weighted by atomic mass is 9.73. The van der Waals surface area contributed by atoms with Crippen molar-refractivity contribution in [2.24, 2.45) is 5.92 Å². The molecule has 1 spiro atoms. The Bertz CT molecular complexity index is 710. The number of Topliss-reactive ketones (excluding diaryl/α,β-unsaturated/α-hetero) is 1. The van der Waals surface area contributed by atoms with Crippen molar-refractivity contribution in [3.8, 4) is 5.75 Å². The molecule has 1 atom stereocenters. The normalized spacial score (nSPS) is 21.3. The average molecular weight is 398 g/mol. The van der Waals surface area contributed by atoms with Crippen LogP contribution in [0.15, 0.2) is 18.2 Å². The van der Waals surface area contributed by atoms with E-state index in [-0.39, 0.29) is 18.9 Å². The van der Waals surface area contributed by atoms with Crippen LogP contribution in [-0.2, 0) is 9.47 Å². The molecule has 1 fully saturated rings. The van der Waals surface area contributed by atoms with Gasteiger partial charge in [0.05, 0.1) is 5.56 Å². The van der Waals surface area contributed by atoms with Gasteiger partial charge in [0.2, 0.25) is 0 Å². The van der Waals surface area contributed by atoms with Crippen molar-refractivity contribution in [3.05, 3.63) is 28.8 Å². The fourth-order valence-electron chi connectivity index (χ4n) is 3.90. The zero-order valence-electron chi connectivity index (χ0n) is 15.4. The van der Waals surface area contributed by atoms with Crippen molar-refractivity contribution in [3.63, 3.8) is 0 Å². The summed E-state index contributed by atoms with van der Waals surface area (Å²) >= 11 is 6.09. The Hall–Kier alpha value is -1.83. The number of hydrogen-bond donors (Lipinski definition) is 1. The third-order valence-corrected chi connectivity index (χ3v) is 5.42. The number of benzene rings is 1. The third-order valence-electron chi connectivity index (χ3n) is 5.19. The molecular weight excluding hydrogens is 374 g/mol. The van der Waals surface area contributed by atoms with E-state index in [1.807, 2.05) is 13.8 Å². The lowest BCUT2D eigenvalue weighted by Gasteiger charge is -2.49. The Morgan fingerprint density at radius 3 is 2.52 bits per heavy atom. The number of rotatable bonds is 5. The lowest BCUT2D eigenvalue weighted by Crippen LogP contribution is -2.61. The highest BCUT2D eigenvalue weighted by molar-refractivity contribution is 6.31. The minimum atomic E-state index is -0.974. The number of halogens is 1. The SMILES string of the molecule is CCOC(OCC)C1C(=O)c2ccc(Cl)cc2OC12CCN(C(=O)O)CC2. The Kier molecular flexibility index (Phi) is 5.93. The van der Waals surface area contributed by atoms with Crippen LogP contribution in [0.4, 0.5) is 4.79 Å². The summed E-state index contributed by atoms with van der Waals surface area (Å²) in [6.45, 7) is 5.01. The standard InChI is InChI=1S/C19H24ClNO6/c1-3-25-17(26-4-2)15-16(22)13-6-5-12(20)11-14(13)27-19(15)7-9-21(10-8-19)18(23)24/h5-6,11,15,17H,3-4,7-10H2,1-2H3,(H,23,24). The van der Waals surface area contributed by atoms with Crippen molar-refractivity contribution >= 4 is 23.5 Å². The van der Waals surface area contributed by atoms with E-state index in [1.165, 1.54) is 4.90 Å². The quantitative estimate of drug-likeness (QED) is 0.766. The number of carbonyl (C=O) groups is 2. The number of ketones is 1. The summed E-state index contributed by atoms with van der Waals surface area (Å²) in [6.07, 6.45) is -0.984. The molecule has 2 aliphatic rings. The zero-order valence-corrected chi connectivity index (χ0v) is 16.2. The second kappa shape index (κ2) is 8.04. The van der Waals surface area contributed by atoms with Gasteiger partial charge in [-0.2, -0.15) is 0 Å². The van der Waals surface area contributed by atoms with E-state index < -0.39 is 23.9 Å². The molecule has 8 heteroatoms. The van der Waals surface area contributed by atoms with E-state index >= 15 is 0 Å². The predicted molar refractivity (Wildman–Crippen MR) is 98.5 cm³/mol. The van der Waals surface area contributed by atoms with Crippen LogP contribution in [-0.4, -0.2) is 60.1 Å². The molecule has 2 aliphatic heterocycles. The molecule has 0 saturated carbocycles. The number of amides is 1. The topological polar surface area (TPSA) is 85.3 Å². The number of hydrogen-bond acceptors (Lipinski definition) is 5. The maximum atomic E-state index is 13.4. The molecule has 1 amide bonds. The molecule has 1 aromatic rings. The van der Waals surface area contributed by atoms with Crippen LogP contribution < -0.4 is 4.74 Å². The van der Waals surface area contributed by atoms with Crippen molar-refractivity contribution < 1.29 is 28.9 Å². The van der Waals surface area contributed by atoms with Gasteiger partial charge in [0.15, 0.2) is 12.1 Å². The minimum Gasteiger partial charge on any atom is -0.485 e. The lowest BCUT2D eigenvalue weighted by molar-refractivity contribution is -0.198. The average Bonchev–Trinajstić information content (AvgIpc) is 2.62. The van der Waals surface area contributed by atoms with Crippen molar-refractivity contribution in [2.45, 2.75) is 38.6 Å². The van der Waals surface area contributed by atoms with Crippen LogP contribution in [0.2, 0.25) is 5.02 Å². The predicted octanol–water partition coefficient (Wildman–Crippen LogP) is 3.44. The van der Waals surface area contributed by atoms with Gasteiger partial charge in [-0.15, -0.1) is 0 Å². The summed E-state index contributed by atoms with van der Waals surface area (Å²) in [4.78, 5) is 26.0. The van der Waals surface area contributed by atoms with E-state index in [1.54, 1.807) is 18.2 Å². The molecule has 7 nitrogen and oxygen atoms in total. The first-order valence-electron chi connectivity index (χ1n) is 9.15. The molecule has 3 rings (SSSR count). The van der Waals surface area contributed by atoms with E-state index in [9.17, 15) is 14.7 Å². The number of carboxylic acid groups (broad SMARTS) is 1. The first kappa shape index (κ1) is 19.9. The second-order valence-electron chi connectivity index (χ2n) is 6.70. The minimum absolute atomic E-state index is 0.122. The molecule has 0 aromatic heterocycles. The van der Waals surface area contributed by atoms with Crippen molar-refractivity contribution in [1.29, 1.82) is 0 Å². The Balaban J connectivity index is 2.01. The second-order valence-corrected chi connectivity index (χ2v) is 7.13. The van der Waals surface area contributed by atoms with Gasteiger partial charge in [0, 0.05) is 44.2 Å². The van der Waals surface area contributed by atoms with Gasteiger partial charge < -0.3 is 24.2 Å². The van der Waals surface area contributed by atoms with Gasteiger partial charge in [0.25, 0.3) is 0 Å². The zero-order chi connectivity index (χ0) is 19.6. The van der Waals surface area contributed by atoms with Gasteiger partial charge >= 0.3 is 6.09 Å². The first-order valence-corrected chi connectivity index (χ1v) is 9.53. The van der Waals surface area contributed by atoms with Gasteiger partial charge in [-0.1, -0.05) is 11.6 Å². The molecule has 27 heavy (non-hydrogen) atoms. The Morgan fingerprint density at radius 1 is 1.33 bits per heavy atom. The van der Waals surface area contributed by atoms with Crippen LogP contribution in [0.3, 0.4) is 0 Å². The molecular formula is C19H24ClNO6. The largest absolute Gasteiger partial charge is 0.485 e. The summed E-state index contributed by atoms with van der Waals surface area (Å²) in [6, 6.07) is 4.94. The molecule has 1 N–H and O–H groups in total. The fraction of sp³-hybridized carbons (Fsp3) is 0.579. The molecule has 0 radical (unpaired) electrons. The Morgan fingerprint density at radius 2 is 1.96 bits per heavy atom. The molecule has 1 unspecified atom stereocenters. The maximum absolute atomic E-state index is 13.4. The van der Waals surface area contributed by atoms with Crippen LogP contribution in [0, 0.1) is 5.92 Å². The number of piperidine rings is 1. The van der Waals surface area contributed by atoms with Gasteiger partial charge in [0.1, 0.15) is 17.3 Å². The molecule has 0 bridgehead atoms. The third kappa shape index (κ3) is 3.77. The summed E-state index contributed by atoms with van der Waals surface area (Å²) < 4.78 is 17.8. The summed E-state index contributed by atoms with van der Waals surface area (Å²) in [7, 11) is 0. The highest BCUT2D eigenvalue weighted by atomic mass is 35.5. The number of fused-ring (bicyclic) bond motifs is 1. The Labute approximate surface area is 163 Å². The highest BCUT2D eigenvalue weighted by Crippen LogP contribution is 2.45. The van der Waals surface area contributed by atoms with Gasteiger partial charge in [-0.05, 0) is 32.0 Å². The smallest absolute Gasteiger partial charge is 0.407 e. The molecule has 2 heterocycles. The fourth-order valence-corrected chi connectivity index (χ4v) is 4.07. The molecule has 1 aromatic carbocycles. The number of nitrogens with zero attached hydrogens (tertiary/aromatic N) is 1. The highest BCUT2D eigenvalue weighted by Gasteiger charge is 2.55. The maximum Gasteiger partial charge on any atom is 0.407 e. The van der Waals surface area contributed by atoms with E-state index in [0.717, 1.165) is 0 Å². The molecule has 148 valence electrons. The summed E-state index contributed by atoms with van der Waals surface area (Å²) in [5.74, 6) is -0.370. The van der Waals surface area contributed by atoms with E-state index in [4.69, 9.17) is 25.8 Å². The van der Waals surface area contributed by atoms with E-state index in [0.29, 0.717) is 42.4 Å². The van der Waals surface area contributed by atoms with Crippen molar-refractivity contribution in [1.82, 2.24) is 4.90 Å². The van der Waals surface area contributed by atoms with E-state index in [2.05, 4.69) is 0 Å². The van der Waals surface area contributed by atoms with Crippen LogP contribution >= 0.6 is 11.6 Å². The summed E-state index contributed by atoms with van der Waals surface area (Å²) in [5.41, 5.74) is -0.449. The summed E-state index contributed by atoms with van der Waals surface area (Å²) in [5, 5.41) is 9.74. The monoisotopic (exact) mass is 397 g/mol. The van der Waals surface area contributed by atoms with Gasteiger partial charge in [-0.3, -0.25) is 4.79 Å². The van der Waals surface area contributed by atoms with Crippen LogP contribution in [0.25, 0.3) is 0 Å². The molecule has 0 aliphatic carbocycles. The molecule has 1 saturated heterocycles.